The summed E-state index contributed by atoms with van der Waals surface area (Å²) in [4.78, 5) is 13.9. The molecule has 2 amide bonds. The highest BCUT2D eigenvalue weighted by Crippen LogP contribution is 2.19. The van der Waals surface area contributed by atoms with Gasteiger partial charge >= 0.3 is 6.03 Å². The molecule has 1 heterocycles. The molecule has 0 saturated carbocycles. The molecule has 1 saturated heterocycles. The number of aryl methyl sites for hydroxylation is 1. The molecule has 22 heavy (non-hydrogen) atoms. The van der Waals surface area contributed by atoms with Gasteiger partial charge in [-0.1, -0.05) is 12.1 Å². The summed E-state index contributed by atoms with van der Waals surface area (Å²) >= 11 is 0. The lowest BCUT2D eigenvalue weighted by atomic mass is 10.0. The molecule has 5 heteroatoms. The minimum absolute atomic E-state index is 0.0290. The Balaban J connectivity index is 1.75. The summed E-state index contributed by atoms with van der Waals surface area (Å²) in [7, 11) is 0. The number of likely N-dealkylation sites (tertiary alicyclic amines) is 1. The highest BCUT2D eigenvalue weighted by atomic mass is 19.1. The lowest BCUT2D eigenvalue weighted by Crippen LogP contribution is -2.43. The Morgan fingerprint density at radius 3 is 2.91 bits per heavy atom. The molecule has 1 aromatic rings. The molecule has 1 aliphatic heterocycles. The molecule has 0 radical (unpaired) electrons. The van der Waals surface area contributed by atoms with Gasteiger partial charge in [-0.3, -0.25) is 0 Å². The number of aliphatic hydroxyl groups excluding tert-OH is 1. The zero-order valence-electron chi connectivity index (χ0n) is 13.3. The largest absolute Gasteiger partial charge is 0.393 e. The van der Waals surface area contributed by atoms with Crippen molar-refractivity contribution in [3.8, 4) is 0 Å². The number of hydrogen-bond donors (Lipinski definition) is 2. The van der Waals surface area contributed by atoms with Gasteiger partial charge in [-0.15, -0.1) is 0 Å². The number of benzene rings is 1. The summed E-state index contributed by atoms with van der Waals surface area (Å²) in [5.41, 5.74) is 0.941. The second kappa shape index (κ2) is 7.58. The standard InChI is InChI=1S/C17H25FN2O2/c1-12(6-7-14-4-3-5-16(18)10-14)19-17(22)20-9-8-15(11-20)13(2)21/h3-5,10,12-13,15,21H,6-9,11H2,1-2H3,(H,19,22)/t12-,13-,15+/m1/s1. The van der Waals surface area contributed by atoms with Crippen molar-refractivity contribution in [2.24, 2.45) is 5.92 Å². The van der Waals surface area contributed by atoms with E-state index < -0.39 is 0 Å². The van der Waals surface area contributed by atoms with Gasteiger partial charge in [0.05, 0.1) is 6.10 Å². The maximum atomic E-state index is 13.1. The van der Waals surface area contributed by atoms with Gasteiger partial charge in [-0.05, 0) is 50.8 Å². The van der Waals surface area contributed by atoms with Crippen molar-refractivity contribution in [2.45, 2.75) is 45.3 Å². The molecule has 1 fully saturated rings. The SMILES string of the molecule is C[C@H](CCc1cccc(F)c1)NC(=O)N1CC[C@H]([C@@H](C)O)C1. The highest BCUT2D eigenvalue weighted by Gasteiger charge is 2.29. The fraction of sp³-hybridized carbons (Fsp3) is 0.588. The minimum Gasteiger partial charge on any atom is -0.393 e. The van der Waals surface area contributed by atoms with E-state index in [1.807, 2.05) is 13.0 Å². The Labute approximate surface area is 131 Å². The maximum Gasteiger partial charge on any atom is 0.317 e. The number of amides is 2. The summed E-state index contributed by atoms with van der Waals surface area (Å²) < 4.78 is 13.1. The van der Waals surface area contributed by atoms with Crippen LogP contribution in [0, 0.1) is 11.7 Å². The van der Waals surface area contributed by atoms with Gasteiger partial charge in [0.2, 0.25) is 0 Å². The third kappa shape index (κ3) is 4.70. The Kier molecular flexibility index (Phi) is 5.77. The van der Waals surface area contributed by atoms with E-state index in [4.69, 9.17) is 0 Å². The van der Waals surface area contributed by atoms with E-state index in [1.165, 1.54) is 12.1 Å². The van der Waals surface area contributed by atoms with Gasteiger partial charge in [0.15, 0.2) is 0 Å². The van der Waals surface area contributed by atoms with E-state index in [9.17, 15) is 14.3 Å². The van der Waals surface area contributed by atoms with E-state index in [1.54, 1.807) is 17.9 Å². The third-order valence-electron chi connectivity index (χ3n) is 4.32. The van der Waals surface area contributed by atoms with E-state index in [0.717, 1.165) is 24.8 Å². The molecule has 2 rings (SSSR count). The fourth-order valence-corrected chi connectivity index (χ4v) is 2.82. The van der Waals surface area contributed by atoms with E-state index in [2.05, 4.69) is 5.32 Å². The van der Waals surface area contributed by atoms with Gasteiger partial charge < -0.3 is 15.3 Å². The third-order valence-corrected chi connectivity index (χ3v) is 4.32. The maximum absolute atomic E-state index is 13.1. The monoisotopic (exact) mass is 308 g/mol. The highest BCUT2D eigenvalue weighted by molar-refractivity contribution is 5.74. The first-order valence-electron chi connectivity index (χ1n) is 7.93. The molecular formula is C17H25FN2O2. The van der Waals surface area contributed by atoms with Crippen LogP contribution in [0.3, 0.4) is 0 Å². The normalized spacial score (nSPS) is 20.7. The first kappa shape index (κ1) is 16.7. The van der Waals surface area contributed by atoms with Crippen LogP contribution in [0.1, 0.15) is 32.3 Å². The van der Waals surface area contributed by atoms with Crippen LogP contribution < -0.4 is 5.32 Å². The zero-order chi connectivity index (χ0) is 16.1. The molecule has 4 nitrogen and oxygen atoms in total. The fourth-order valence-electron chi connectivity index (χ4n) is 2.82. The van der Waals surface area contributed by atoms with Crippen LogP contribution in [0.15, 0.2) is 24.3 Å². The number of rotatable bonds is 5. The Bertz CT molecular complexity index is 507. The van der Waals surface area contributed by atoms with Crippen molar-refractivity contribution in [2.75, 3.05) is 13.1 Å². The lowest BCUT2D eigenvalue weighted by Gasteiger charge is -2.21. The second-order valence-electron chi connectivity index (χ2n) is 6.25. The number of carbonyl (C=O) groups is 1. The molecule has 1 aromatic carbocycles. The van der Waals surface area contributed by atoms with Gasteiger partial charge in [-0.2, -0.15) is 0 Å². The molecular weight excluding hydrogens is 283 g/mol. The summed E-state index contributed by atoms with van der Waals surface area (Å²) in [6.07, 6.45) is 1.98. The average Bonchev–Trinajstić information content (AvgIpc) is 2.95. The molecule has 0 bridgehead atoms. The Morgan fingerprint density at radius 1 is 1.50 bits per heavy atom. The number of nitrogens with zero attached hydrogens (tertiary/aromatic N) is 1. The number of aliphatic hydroxyl groups is 1. The predicted molar refractivity (Wildman–Crippen MR) is 84.1 cm³/mol. The first-order valence-corrected chi connectivity index (χ1v) is 7.93. The van der Waals surface area contributed by atoms with E-state index >= 15 is 0 Å². The number of urea groups is 1. The van der Waals surface area contributed by atoms with Crippen molar-refractivity contribution in [1.29, 1.82) is 0 Å². The molecule has 3 atom stereocenters. The average molecular weight is 308 g/mol. The Hall–Kier alpha value is -1.62. The van der Waals surface area contributed by atoms with Crippen LogP contribution in [-0.4, -0.2) is 41.3 Å². The van der Waals surface area contributed by atoms with Gasteiger partial charge in [0, 0.05) is 25.0 Å². The predicted octanol–water partition coefficient (Wildman–Crippen LogP) is 2.56. The summed E-state index contributed by atoms with van der Waals surface area (Å²) in [6.45, 7) is 5.03. The molecule has 122 valence electrons. The summed E-state index contributed by atoms with van der Waals surface area (Å²) in [5.74, 6) is -0.0521. The van der Waals surface area contributed by atoms with Gasteiger partial charge in [-0.25, -0.2) is 9.18 Å². The number of nitrogens with one attached hydrogen (secondary N) is 1. The van der Waals surface area contributed by atoms with Crippen molar-refractivity contribution < 1.29 is 14.3 Å². The van der Waals surface area contributed by atoms with Crippen LogP contribution in [0.25, 0.3) is 0 Å². The molecule has 0 spiro atoms. The number of hydrogen-bond acceptors (Lipinski definition) is 2. The molecule has 2 N–H and O–H groups in total. The lowest BCUT2D eigenvalue weighted by molar-refractivity contribution is 0.129. The van der Waals surface area contributed by atoms with E-state index in [-0.39, 0.29) is 29.9 Å². The van der Waals surface area contributed by atoms with Crippen molar-refractivity contribution in [3.63, 3.8) is 0 Å². The van der Waals surface area contributed by atoms with Crippen molar-refractivity contribution in [3.05, 3.63) is 35.6 Å². The Morgan fingerprint density at radius 2 is 2.27 bits per heavy atom. The van der Waals surface area contributed by atoms with E-state index in [0.29, 0.717) is 13.1 Å². The number of carbonyl (C=O) groups excluding carboxylic acids is 1. The molecule has 0 unspecified atom stereocenters. The molecule has 1 aliphatic rings. The van der Waals surface area contributed by atoms with Crippen molar-refractivity contribution in [1.82, 2.24) is 10.2 Å². The van der Waals surface area contributed by atoms with Crippen molar-refractivity contribution >= 4 is 6.03 Å². The first-order chi connectivity index (χ1) is 10.5. The van der Waals surface area contributed by atoms with Crippen LogP contribution in [0.5, 0.6) is 0 Å². The van der Waals surface area contributed by atoms with Gasteiger partial charge in [0.25, 0.3) is 0 Å². The quantitative estimate of drug-likeness (QED) is 0.878. The number of halogens is 1. The van der Waals surface area contributed by atoms with Crippen LogP contribution >= 0.6 is 0 Å². The van der Waals surface area contributed by atoms with Gasteiger partial charge in [0.1, 0.15) is 5.82 Å². The smallest absolute Gasteiger partial charge is 0.317 e. The summed E-state index contributed by atoms with van der Waals surface area (Å²) in [6, 6.07) is 6.51. The van der Waals surface area contributed by atoms with Crippen LogP contribution in [0.4, 0.5) is 9.18 Å². The molecule has 0 aliphatic carbocycles. The molecule has 0 aromatic heterocycles. The minimum atomic E-state index is -0.372. The zero-order valence-corrected chi connectivity index (χ0v) is 13.3. The second-order valence-corrected chi connectivity index (χ2v) is 6.25. The van der Waals surface area contributed by atoms with Crippen LogP contribution in [-0.2, 0) is 6.42 Å². The summed E-state index contributed by atoms with van der Waals surface area (Å²) in [5, 5.41) is 12.6. The van der Waals surface area contributed by atoms with Crippen LogP contribution in [0.2, 0.25) is 0 Å². The topological polar surface area (TPSA) is 52.6 Å².